The number of carbonyl (C=O) groups excluding carboxylic acids is 2. The Balaban J connectivity index is 1.61. The number of rotatable bonds is 8. The van der Waals surface area contributed by atoms with Gasteiger partial charge in [0.05, 0.1) is 35.4 Å². The largest absolute Gasteiger partial charge is 0.496 e. The zero-order valence-corrected chi connectivity index (χ0v) is 27.6. The van der Waals surface area contributed by atoms with Crippen LogP contribution < -0.4 is 9.04 Å². The van der Waals surface area contributed by atoms with Gasteiger partial charge in [0.15, 0.2) is 5.54 Å². The van der Waals surface area contributed by atoms with E-state index in [2.05, 4.69) is 4.90 Å². The molecule has 240 valence electrons. The quantitative estimate of drug-likeness (QED) is 0.350. The number of halogens is 1. The Morgan fingerprint density at radius 1 is 1.02 bits per heavy atom. The van der Waals surface area contributed by atoms with Gasteiger partial charge in [-0.3, -0.25) is 19.4 Å². The van der Waals surface area contributed by atoms with Gasteiger partial charge >= 0.3 is 0 Å². The van der Waals surface area contributed by atoms with Gasteiger partial charge in [0.25, 0.3) is 15.9 Å². The predicted octanol–water partition coefficient (Wildman–Crippen LogP) is 4.35. The molecule has 3 aliphatic heterocycles. The van der Waals surface area contributed by atoms with Crippen LogP contribution in [0.25, 0.3) is 0 Å². The lowest BCUT2D eigenvalue weighted by Gasteiger charge is -2.42. The molecule has 0 aromatic heterocycles. The fourth-order valence-electron chi connectivity index (χ4n) is 7.14. The van der Waals surface area contributed by atoms with E-state index in [1.54, 1.807) is 26.2 Å². The maximum atomic E-state index is 15.3. The van der Waals surface area contributed by atoms with E-state index in [4.69, 9.17) is 16.3 Å². The van der Waals surface area contributed by atoms with Crippen molar-refractivity contribution in [1.82, 2.24) is 14.7 Å². The number of hydrogen-bond acceptors (Lipinski definition) is 8. The molecule has 0 N–H and O–H groups in total. The molecule has 0 aliphatic carbocycles. The van der Waals surface area contributed by atoms with Gasteiger partial charge in [-0.2, -0.15) is 5.26 Å². The average molecular weight is 662 g/mol. The topological polar surface area (TPSA) is 114 Å². The highest BCUT2D eigenvalue weighted by Gasteiger charge is 2.63. The summed E-state index contributed by atoms with van der Waals surface area (Å²) < 4.78 is 35.6. The number of amides is 2. The van der Waals surface area contributed by atoms with Gasteiger partial charge < -0.3 is 9.64 Å². The fraction of sp³-hybridized carbons (Fsp3) is 0.382. The Bertz CT molecular complexity index is 1840. The number of fused-ring (bicyclic) bond motifs is 1. The number of ether oxygens (including phenoxy) is 1. The maximum absolute atomic E-state index is 15.3. The van der Waals surface area contributed by atoms with E-state index >= 15 is 4.79 Å². The lowest BCUT2D eigenvalue weighted by Crippen LogP contribution is -2.59. The monoisotopic (exact) mass is 661 g/mol. The average Bonchev–Trinajstić information content (AvgIpc) is 3.80. The summed E-state index contributed by atoms with van der Waals surface area (Å²) in [6.45, 7) is 3.07. The SMILES string of the molecule is COc1cc(CN2CCCC2)ccc1[C@]1(N2CCCC2C(=O)N(C)C)C(=O)N(S(=O)(=O)c2ccc(C#N)cc2)c2ccc(Cl)cc21. The van der Waals surface area contributed by atoms with Crippen molar-refractivity contribution in [2.45, 2.75) is 48.7 Å². The lowest BCUT2D eigenvalue weighted by atomic mass is 9.80. The number of benzene rings is 3. The van der Waals surface area contributed by atoms with Crippen molar-refractivity contribution in [3.05, 3.63) is 87.9 Å². The minimum Gasteiger partial charge on any atom is -0.496 e. The third-order valence-corrected chi connectivity index (χ3v) is 11.2. The standard InChI is InChI=1S/C34H36ClN5O5S/c1-37(2)32(41)30-7-6-18-39(30)34(27-14-10-24(19-31(27)45-3)22-38-16-4-5-17-38)28-20-25(35)11-15-29(28)40(33(34)42)46(43,44)26-12-8-23(21-36)9-13-26/h8-15,19-20,30H,4-7,16-18,22H2,1-3H3/t30?,34-/m1/s1. The van der Waals surface area contributed by atoms with Gasteiger partial charge in [-0.1, -0.05) is 23.7 Å². The first kappa shape index (κ1) is 32.0. The van der Waals surface area contributed by atoms with E-state index in [-0.39, 0.29) is 22.1 Å². The molecule has 6 rings (SSSR count). The molecule has 2 atom stereocenters. The second kappa shape index (κ2) is 12.3. The van der Waals surface area contributed by atoms with Gasteiger partial charge in [0.2, 0.25) is 5.91 Å². The highest BCUT2D eigenvalue weighted by atomic mass is 35.5. The molecule has 0 radical (unpaired) electrons. The van der Waals surface area contributed by atoms with Gasteiger partial charge in [0.1, 0.15) is 5.75 Å². The van der Waals surface area contributed by atoms with Crippen LogP contribution in [0, 0.1) is 11.3 Å². The molecule has 46 heavy (non-hydrogen) atoms. The summed E-state index contributed by atoms with van der Waals surface area (Å²) in [6.07, 6.45) is 3.39. The molecule has 3 aliphatic rings. The first-order valence-corrected chi connectivity index (χ1v) is 17.1. The molecule has 2 amide bonds. The molecule has 2 saturated heterocycles. The Hall–Kier alpha value is -3.95. The van der Waals surface area contributed by atoms with E-state index in [1.165, 1.54) is 42.3 Å². The van der Waals surface area contributed by atoms with E-state index < -0.39 is 27.5 Å². The van der Waals surface area contributed by atoms with E-state index in [9.17, 15) is 18.5 Å². The van der Waals surface area contributed by atoms with Gasteiger partial charge in [-0.15, -0.1) is 0 Å². The third kappa shape index (κ3) is 5.14. The van der Waals surface area contributed by atoms with Crippen LogP contribution in [0.2, 0.25) is 5.02 Å². The Labute approximate surface area is 274 Å². The van der Waals surface area contributed by atoms with Crippen LogP contribution in [-0.4, -0.2) is 81.8 Å². The van der Waals surface area contributed by atoms with Crippen LogP contribution in [0.5, 0.6) is 5.75 Å². The van der Waals surface area contributed by atoms with Crippen molar-refractivity contribution >= 4 is 39.1 Å². The molecule has 2 fully saturated rings. The fourth-order valence-corrected chi connectivity index (χ4v) is 8.77. The summed E-state index contributed by atoms with van der Waals surface area (Å²) in [5.41, 5.74) is 0.457. The van der Waals surface area contributed by atoms with Crippen LogP contribution in [0.15, 0.2) is 65.6 Å². The van der Waals surface area contributed by atoms with Crippen molar-refractivity contribution in [2.24, 2.45) is 0 Å². The molecule has 1 unspecified atom stereocenters. The number of nitrogens with zero attached hydrogens (tertiary/aromatic N) is 5. The summed E-state index contributed by atoms with van der Waals surface area (Å²) in [5.74, 6) is -0.527. The Kier molecular flexibility index (Phi) is 8.59. The minimum absolute atomic E-state index is 0.143. The molecule has 3 heterocycles. The first-order valence-electron chi connectivity index (χ1n) is 15.3. The van der Waals surface area contributed by atoms with Crippen LogP contribution in [0.1, 0.15) is 47.9 Å². The minimum atomic E-state index is -4.48. The molecule has 0 spiro atoms. The third-order valence-electron chi connectivity index (χ3n) is 9.25. The highest BCUT2D eigenvalue weighted by molar-refractivity contribution is 7.93. The summed E-state index contributed by atoms with van der Waals surface area (Å²) in [4.78, 5) is 34.5. The van der Waals surface area contributed by atoms with Crippen LogP contribution >= 0.6 is 11.6 Å². The summed E-state index contributed by atoms with van der Waals surface area (Å²) in [7, 11) is 0.384. The molecule has 0 bridgehead atoms. The van der Waals surface area contributed by atoms with Gasteiger partial charge in [-0.05, 0) is 92.9 Å². The van der Waals surface area contributed by atoms with Gasteiger partial charge in [0, 0.05) is 43.3 Å². The second-order valence-electron chi connectivity index (χ2n) is 12.2. The molecule has 3 aromatic rings. The molecular formula is C34H36ClN5O5S. The maximum Gasteiger partial charge on any atom is 0.271 e. The number of nitriles is 1. The molecule has 12 heteroatoms. The zero-order valence-electron chi connectivity index (χ0n) is 26.1. The predicted molar refractivity (Wildman–Crippen MR) is 174 cm³/mol. The van der Waals surface area contributed by atoms with E-state index in [1.807, 2.05) is 29.2 Å². The summed E-state index contributed by atoms with van der Waals surface area (Å²) in [6, 6.07) is 17.1. The number of likely N-dealkylation sites (N-methyl/N-ethyl adjacent to an activating group) is 1. The smallest absolute Gasteiger partial charge is 0.271 e. The number of hydrogen-bond donors (Lipinski definition) is 0. The van der Waals surface area contributed by atoms with E-state index in [0.717, 1.165) is 35.8 Å². The first-order chi connectivity index (χ1) is 22.0. The van der Waals surface area contributed by atoms with Crippen molar-refractivity contribution in [1.29, 1.82) is 5.26 Å². The molecule has 10 nitrogen and oxygen atoms in total. The molecule has 3 aromatic carbocycles. The van der Waals surface area contributed by atoms with Crippen LogP contribution in [0.4, 0.5) is 5.69 Å². The van der Waals surface area contributed by atoms with Crippen molar-refractivity contribution < 1.29 is 22.7 Å². The number of methoxy groups -OCH3 is 1. The Morgan fingerprint density at radius 3 is 2.39 bits per heavy atom. The normalized spacial score (nSPS) is 21.8. The number of anilines is 1. The van der Waals surface area contributed by atoms with Crippen molar-refractivity contribution in [3.63, 3.8) is 0 Å². The van der Waals surface area contributed by atoms with Crippen LogP contribution in [0.3, 0.4) is 0 Å². The molecular weight excluding hydrogens is 626 g/mol. The van der Waals surface area contributed by atoms with Crippen molar-refractivity contribution in [2.75, 3.05) is 45.1 Å². The molecule has 0 saturated carbocycles. The lowest BCUT2D eigenvalue weighted by molar-refractivity contribution is -0.138. The second-order valence-corrected chi connectivity index (χ2v) is 14.4. The van der Waals surface area contributed by atoms with Crippen molar-refractivity contribution in [3.8, 4) is 11.8 Å². The van der Waals surface area contributed by atoms with Gasteiger partial charge in [-0.25, -0.2) is 12.7 Å². The number of carbonyl (C=O) groups is 2. The number of likely N-dealkylation sites (tertiary alicyclic amines) is 2. The Morgan fingerprint density at radius 2 is 1.74 bits per heavy atom. The summed E-state index contributed by atoms with van der Waals surface area (Å²) >= 11 is 6.61. The highest BCUT2D eigenvalue weighted by Crippen LogP contribution is 2.55. The zero-order chi connectivity index (χ0) is 32.8. The number of sulfonamides is 1. The van der Waals surface area contributed by atoms with E-state index in [0.29, 0.717) is 47.8 Å². The summed E-state index contributed by atoms with van der Waals surface area (Å²) in [5, 5.41) is 9.60. The van der Waals surface area contributed by atoms with Crippen LogP contribution in [-0.2, 0) is 31.7 Å².